The Morgan fingerprint density at radius 2 is 2.43 bits per heavy atom. The molecule has 0 saturated carbocycles. The van der Waals surface area contributed by atoms with E-state index in [2.05, 4.69) is 11.9 Å². The summed E-state index contributed by atoms with van der Waals surface area (Å²) in [4.78, 5) is 15.2. The van der Waals surface area contributed by atoms with Crippen molar-refractivity contribution in [1.29, 1.82) is 0 Å². The zero-order chi connectivity index (χ0) is 10.6. The number of carbonyl (C=O) groups is 1. The molecule has 0 amide bonds. The zero-order valence-corrected chi connectivity index (χ0v) is 9.30. The van der Waals surface area contributed by atoms with Gasteiger partial charge in [-0.05, 0) is 13.3 Å². The fraction of sp³-hybridized carbons (Fsp3) is 0.600. The minimum absolute atomic E-state index is 0.417. The highest BCUT2D eigenvalue weighted by Crippen LogP contribution is 2.23. The summed E-state index contributed by atoms with van der Waals surface area (Å²) in [5.74, 6) is -1.18. The maximum absolute atomic E-state index is 11.0. The largest absolute Gasteiger partial charge is 0.481 e. The Kier molecular flexibility index (Phi) is 4.07. The van der Waals surface area contributed by atoms with Gasteiger partial charge in [0.1, 0.15) is 0 Å². The molecule has 0 aliphatic rings. The van der Waals surface area contributed by atoms with Crippen LogP contribution in [0.4, 0.5) is 0 Å². The molecule has 1 N–H and O–H groups in total. The molecule has 1 atom stereocenters. The predicted octanol–water partition coefficient (Wildman–Crippen LogP) is 2.81. The molecule has 4 heteroatoms. The van der Waals surface area contributed by atoms with Gasteiger partial charge in [0.05, 0.1) is 16.6 Å². The van der Waals surface area contributed by atoms with Crippen molar-refractivity contribution in [2.45, 2.75) is 39.0 Å². The van der Waals surface area contributed by atoms with Crippen LogP contribution < -0.4 is 0 Å². The Bertz CT molecular complexity index is 309. The lowest BCUT2D eigenvalue weighted by atomic mass is 10.00. The van der Waals surface area contributed by atoms with Gasteiger partial charge in [-0.25, -0.2) is 4.98 Å². The third-order valence-electron chi connectivity index (χ3n) is 2.14. The lowest BCUT2D eigenvalue weighted by molar-refractivity contribution is -0.139. The van der Waals surface area contributed by atoms with Crippen molar-refractivity contribution in [3.8, 4) is 0 Å². The maximum atomic E-state index is 11.0. The van der Waals surface area contributed by atoms with Crippen LogP contribution >= 0.6 is 11.3 Å². The molecule has 78 valence electrons. The standard InChI is InChI=1S/C10H15NO2S/c1-3-4-5-8(10(12)13)9-6-14-7(2)11-9/h6,8H,3-5H2,1-2H3,(H,12,13). The fourth-order valence-corrected chi connectivity index (χ4v) is 2.01. The van der Waals surface area contributed by atoms with Crippen molar-refractivity contribution in [3.05, 3.63) is 16.1 Å². The van der Waals surface area contributed by atoms with Crippen molar-refractivity contribution >= 4 is 17.3 Å². The first-order chi connectivity index (χ1) is 6.65. The number of aliphatic carboxylic acids is 1. The van der Waals surface area contributed by atoms with Crippen molar-refractivity contribution in [2.24, 2.45) is 0 Å². The molecule has 0 aromatic carbocycles. The van der Waals surface area contributed by atoms with Gasteiger partial charge in [-0.1, -0.05) is 19.8 Å². The molecule has 0 aliphatic carbocycles. The molecule has 1 aromatic rings. The van der Waals surface area contributed by atoms with Gasteiger partial charge in [0, 0.05) is 5.38 Å². The van der Waals surface area contributed by atoms with E-state index in [0.717, 1.165) is 17.8 Å². The number of carboxylic acids is 1. The first kappa shape index (κ1) is 11.2. The van der Waals surface area contributed by atoms with E-state index in [4.69, 9.17) is 5.11 Å². The quantitative estimate of drug-likeness (QED) is 0.818. The number of thiazole rings is 1. The minimum Gasteiger partial charge on any atom is -0.481 e. The van der Waals surface area contributed by atoms with E-state index in [-0.39, 0.29) is 0 Å². The first-order valence-electron chi connectivity index (χ1n) is 4.80. The van der Waals surface area contributed by atoms with Crippen LogP contribution in [0.2, 0.25) is 0 Å². The van der Waals surface area contributed by atoms with Gasteiger partial charge in [0.2, 0.25) is 0 Å². The highest BCUT2D eigenvalue weighted by atomic mass is 32.1. The average molecular weight is 213 g/mol. The van der Waals surface area contributed by atoms with Gasteiger partial charge in [0.25, 0.3) is 0 Å². The van der Waals surface area contributed by atoms with Gasteiger partial charge < -0.3 is 5.11 Å². The van der Waals surface area contributed by atoms with Crippen molar-refractivity contribution in [1.82, 2.24) is 4.98 Å². The van der Waals surface area contributed by atoms with Crippen LogP contribution in [0, 0.1) is 6.92 Å². The minimum atomic E-state index is -0.760. The number of aryl methyl sites for hydroxylation is 1. The molecule has 0 aliphatic heterocycles. The Balaban J connectivity index is 2.72. The van der Waals surface area contributed by atoms with Crippen LogP contribution in [-0.4, -0.2) is 16.1 Å². The van der Waals surface area contributed by atoms with Crippen molar-refractivity contribution in [3.63, 3.8) is 0 Å². The normalized spacial score (nSPS) is 12.7. The van der Waals surface area contributed by atoms with Crippen LogP contribution in [0.3, 0.4) is 0 Å². The number of hydrogen-bond donors (Lipinski definition) is 1. The molecule has 0 bridgehead atoms. The second-order valence-corrected chi connectivity index (χ2v) is 4.39. The molecule has 0 spiro atoms. The molecule has 3 nitrogen and oxygen atoms in total. The molecule has 1 rings (SSSR count). The second kappa shape index (κ2) is 5.10. The highest BCUT2D eigenvalue weighted by molar-refractivity contribution is 7.09. The lowest BCUT2D eigenvalue weighted by Crippen LogP contribution is -2.11. The number of rotatable bonds is 5. The SMILES string of the molecule is CCCCC(C(=O)O)c1csc(C)n1. The van der Waals surface area contributed by atoms with E-state index in [1.54, 1.807) is 0 Å². The number of carboxylic acid groups (broad SMARTS) is 1. The Hall–Kier alpha value is -0.900. The van der Waals surface area contributed by atoms with E-state index < -0.39 is 11.9 Å². The van der Waals surface area contributed by atoms with E-state index in [1.807, 2.05) is 12.3 Å². The zero-order valence-electron chi connectivity index (χ0n) is 8.49. The van der Waals surface area contributed by atoms with E-state index in [9.17, 15) is 4.79 Å². The summed E-state index contributed by atoms with van der Waals surface area (Å²) in [6.07, 6.45) is 2.65. The number of nitrogens with zero attached hydrogens (tertiary/aromatic N) is 1. The number of unbranched alkanes of at least 4 members (excludes halogenated alkanes) is 1. The van der Waals surface area contributed by atoms with Crippen LogP contribution in [0.1, 0.15) is 42.8 Å². The first-order valence-corrected chi connectivity index (χ1v) is 5.68. The van der Waals surface area contributed by atoms with Crippen LogP contribution in [0.5, 0.6) is 0 Å². The molecular formula is C10H15NO2S. The molecule has 1 unspecified atom stereocenters. The molecule has 0 saturated heterocycles. The van der Waals surface area contributed by atoms with Gasteiger partial charge in [-0.15, -0.1) is 11.3 Å². The lowest BCUT2D eigenvalue weighted by Gasteiger charge is -2.07. The summed E-state index contributed by atoms with van der Waals surface area (Å²) in [7, 11) is 0. The summed E-state index contributed by atoms with van der Waals surface area (Å²) in [5, 5.41) is 11.8. The maximum Gasteiger partial charge on any atom is 0.312 e. The van der Waals surface area contributed by atoms with Crippen LogP contribution in [0.15, 0.2) is 5.38 Å². The molecule has 1 aromatic heterocycles. The molecular weight excluding hydrogens is 198 g/mol. The molecule has 0 fully saturated rings. The second-order valence-electron chi connectivity index (χ2n) is 3.32. The average Bonchev–Trinajstić information content (AvgIpc) is 2.52. The Morgan fingerprint density at radius 1 is 1.71 bits per heavy atom. The Morgan fingerprint density at radius 3 is 2.86 bits per heavy atom. The molecule has 0 radical (unpaired) electrons. The highest BCUT2D eigenvalue weighted by Gasteiger charge is 2.21. The van der Waals surface area contributed by atoms with Gasteiger partial charge in [-0.2, -0.15) is 0 Å². The smallest absolute Gasteiger partial charge is 0.312 e. The van der Waals surface area contributed by atoms with Gasteiger partial charge in [0.15, 0.2) is 0 Å². The summed E-state index contributed by atoms with van der Waals surface area (Å²) in [5.41, 5.74) is 0.716. The third kappa shape index (κ3) is 2.80. The Labute approximate surface area is 87.8 Å². The van der Waals surface area contributed by atoms with Gasteiger partial charge >= 0.3 is 5.97 Å². The summed E-state index contributed by atoms with van der Waals surface area (Å²) in [6, 6.07) is 0. The van der Waals surface area contributed by atoms with Crippen LogP contribution in [0.25, 0.3) is 0 Å². The molecule has 14 heavy (non-hydrogen) atoms. The summed E-state index contributed by atoms with van der Waals surface area (Å²) in [6.45, 7) is 3.96. The summed E-state index contributed by atoms with van der Waals surface area (Å²) < 4.78 is 0. The van der Waals surface area contributed by atoms with Crippen molar-refractivity contribution < 1.29 is 9.90 Å². The van der Waals surface area contributed by atoms with Gasteiger partial charge in [-0.3, -0.25) is 4.79 Å². The van der Waals surface area contributed by atoms with E-state index in [0.29, 0.717) is 12.1 Å². The van der Waals surface area contributed by atoms with E-state index >= 15 is 0 Å². The van der Waals surface area contributed by atoms with Crippen LogP contribution in [-0.2, 0) is 4.79 Å². The topological polar surface area (TPSA) is 50.2 Å². The van der Waals surface area contributed by atoms with Crippen molar-refractivity contribution in [2.75, 3.05) is 0 Å². The summed E-state index contributed by atoms with van der Waals surface area (Å²) >= 11 is 1.51. The monoisotopic (exact) mass is 213 g/mol. The number of hydrogen-bond acceptors (Lipinski definition) is 3. The number of aromatic nitrogens is 1. The predicted molar refractivity (Wildman–Crippen MR) is 56.8 cm³/mol. The van der Waals surface area contributed by atoms with E-state index in [1.165, 1.54) is 11.3 Å². The fourth-order valence-electron chi connectivity index (χ4n) is 1.35. The third-order valence-corrected chi connectivity index (χ3v) is 2.93. The molecule has 1 heterocycles.